The second-order valence-corrected chi connectivity index (χ2v) is 6.59. The van der Waals surface area contributed by atoms with Gasteiger partial charge in [-0.3, -0.25) is 0 Å². The minimum Gasteiger partial charge on any atom is -0.462 e. The lowest BCUT2D eigenvalue weighted by atomic mass is 9.93. The van der Waals surface area contributed by atoms with E-state index in [9.17, 15) is 18.0 Å². The largest absolute Gasteiger partial charge is 0.462 e. The van der Waals surface area contributed by atoms with Gasteiger partial charge in [-0.1, -0.05) is 53.6 Å². The monoisotopic (exact) mass is 376 g/mol. The Morgan fingerprint density at radius 2 is 1.70 bits per heavy atom. The van der Waals surface area contributed by atoms with E-state index in [0.29, 0.717) is 16.7 Å². The summed E-state index contributed by atoms with van der Waals surface area (Å²) in [6.45, 7) is 7.28. The summed E-state index contributed by atoms with van der Waals surface area (Å²) >= 11 is 0. The van der Waals surface area contributed by atoms with E-state index in [4.69, 9.17) is 4.74 Å². The van der Waals surface area contributed by atoms with Crippen LogP contribution in [-0.4, -0.2) is 18.8 Å². The third-order valence-corrected chi connectivity index (χ3v) is 4.18. The van der Waals surface area contributed by atoms with Crippen LogP contribution in [0.15, 0.2) is 42.5 Å². The molecule has 5 heteroatoms. The SMILES string of the molecule is CCOC(=O)c1ccc(/C=C/C(c2cc(C)cc(C)c2)C(F)(F)F)cc1C. The van der Waals surface area contributed by atoms with E-state index in [0.717, 1.165) is 17.2 Å². The lowest BCUT2D eigenvalue weighted by molar-refractivity contribution is -0.139. The number of alkyl halides is 3. The van der Waals surface area contributed by atoms with Crippen LogP contribution in [0.4, 0.5) is 13.2 Å². The van der Waals surface area contributed by atoms with E-state index in [2.05, 4.69) is 0 Å². The third-order valence-electron chi connectivity index (χ3n) is 4.18. The first-order valence-corrected chi connectivity index (χ1v) is 8.72. The van der Waals surface area contributed by atoms with Gasteiger partial charge in [-0.2, -0.15) is 13.2 Å². The quantitative estimate of drug-likeness (QED) is 0.585. The number of carbonyl (C=O) groups excluding carboxylic acids is 1. The van der Waals surface area contributed by atoms with Gasteiger partial charge >= 0.3 is 12.1 Å². The van der Waals surface area contributed by atoms with Crippen LogP contribution in [0.2, 0.25) is 0 Å². The molecular weight excluding hydrogens is 353 g/mol. The molecule has 2 rings (SSSR count). The Bertz CT molecular complexity index is 831. The van der Waals surface area contributed by atoms with E-state index in [1.807, 2.05) is 6.07 Å². The number of allylic oxidation sites excluding steroid dienone is 1. The first-order chi connectivity index (χ1) is 12.6. The van der Waals surface area contributed by atoms with Crippen LogP contribution in [0.5, 0.6) is 0 Å². The fraction of sp³-hybridized carbons (Fsp3) is 0.318. The standard InChI is InChI=1S/C22H23F3O2/c1-5-27-21(26)19-8-6-17(13-16(19)4)7-9-20(22(23,24)25)18-11-14(2)10-15(3)12-18/h6-13,20H,5H2,1-4H3/b9-7+. The summed E-state index contributed by atoms with van der Waals surface area (Å²) in [6, 6.07) is 9.84. The van der Waals surface area contributed by atoms with E-state index in [1.165, 1.54) is 6.08 Å². The van der Waals surface area contributed by atoms with Gasteiger partial charge < -0.3 is 4.74 Å². The average Bonchev–Trinajstić information content (AvgIpc) is 2.53. The zero-order valence-corrected chi connectivity index (χ0v) is 15.9. The van der Waals surface area contributed by atoms with Gasteiger partial charge in [-0.15, -0.1) is 0 Å². The van der Waals surface area contributed by atoms with Crippen molar-refractivity contribution in [2.75, 3.05) is 6.61 Å². The highest BCUT2D eigenvalue weighted by atomic mass is 19.4. The molecule has 27 heavy (non-hydrogen) atoms. The first-order valence-electron chi connectivity index (χ1n) is 8.72. The summed E-state index contributed by atoms with van der Waals surface area (Å²) < 4.78 is 45.7. The highest BCUT2D eigenvalue weighted by Gasteiger charge is 2.39. The number of carbonyl (C=O) groups is 1. The molecule has 0 aliphatic heterocycles. The lowest BCUT2D eigenvalue weighted by Crippen LogP contribution is -2.19. The molecule has 0 aromatic heterocycles. The van der Waals surface area contributed by atoms with E-state index in [-0.39, 0.29) is 12.2 Å². The number of ether oxygens (including phenoxy) is 1. The van der Waals surface area contributed by atoms with Crippen molar-refractivity contribution < 1.29 is 22.7 Å². The number of hydrogen-bond donors (Lipinski definition) is 0. The summed E-state index contributed by atoms with van der Waals surface area (Å²) in [7, 11) is 0. The smallest absolute Gasteiger partial charge is 0.399 e. The Morgan fingerprint density at radius 3 is 2.22 bits per heavy atom. The summed E-state index contributed by atoms with van der Waals surface area (Å²) in [5.74, 6) is -2.13. The van der Waals surface area contributed by atoms with Crippen molar-refractivity contribution in [2.45, 2.75) is 39.8 Å². The number of halogens is 3. The highest BCUT2D eigenvalue weighted by molar-refractivity contribution is 5.91. The van der Waals surface area contributed by atoms with Crippen molar-refractivity contribution >= 4 is 12.0 Å². The minimum atomic E-state index is -4.39. The van der Waals surface area contributed by atoms with Crippen LogP contribution in [0.3, 0.4) is 0 Å². The van der Waals surface area contributed by atoms with Crippen molar-refractivity contribution in [3.05, 3.63) is 75.9 Å². The van der Waals surface area contributed by atoms with Crippen LogP contribution in [0, 0.1) is 20.8 Å². The average molecular weight is 376 g/mol. The van der Waals surface area contributed by atoms with Gasteiger partial charge in [-0.05, 0) is 50.5 Å². The maximum absolute atomic E-state index is 13.6. The van der Waals surface area contributed by atoms with Crippen LogP contribution >= 0.6 is 0 Å². The maximum atomic E-state index is 13.6. The number of rotatable bonds is 5. The predicted molar refractivity (Wildman–Crippen MR) is 101 cm³/mol. The molecule has 144 valence electrons. The molecule has 0 aliphatic carbocycles. The molecule has 0 spiro atoms. The van der Waals surface area contributed by atoms with Crippen LogP contribution in [0.25, 0.3) is 6.08 Å². The Kier molecular flexibility index (Phi) is 6.47. The number of esters is 1. The van der Waals surface area contributed by atoms with E-state index in [1.54, 1.807) is 58.0 Å². The zero-order chi connectivity index (χ0) is 20.2. The Balaban J connectivity index is 2.34. The first kappa shape index (κ1) is 20.7. The molecule has 0 aliphatic rings. The van der Waals surface area contributed by atoms with Crippen LogP contribution < -0.4 is 0 Å². The van der Waals surface area contributed by atoms with Crippen LogP contribution in [-0.2, 0) is 4.74 Å². The van der Waals surface area contributed by atoms with Crippen molar-refractivity contribution in [3.63, 3.8) is 0 Å². The fourth-order valence-electron chi connectivity index (χ4n) is 3.03. The molecule has 0 saturated carbocycles. The molecule has 2 aromatic rings. The number of hydrogen-bond acceptors (Lipinski definition) is 2. The van der Waals surface area contributed by atoms with Crippen molar-refractivity contribution in [2.24, 2.45) is 0 Å². The summed E-state index contributed by atoms with van der Waals surface area (Å²) in [5, 5.41) is 0. The van der Waals surface area contributed by atoms with Gasteiger partial charge in [0.15, 0.2) is 0 Å². The second kappa shape index (κ2) is 8.42. The van der Waals surface area contributed by atoms with Crippen molar-refractivity contribution in [3.8, 4) is 0 Å². The highest BCUT2D eigenvalue weighted by Crippen LogP contribution is 2.37. The van der Waals surface area contributed by atoms with E-state index < -0.39 is 18.1 Å². The molecule has 0 amide bonds. The number of benzene rings is 2. The fourth-order valence-corrected chi connectivity index (χ4v) is 3.03. The van der Waals surface area contributed by atoms with Gasteiger partial charge in [0.05, 0.1) is 18.1 Å². The molecule has 2 aromatic carbocycles. The van der Waals surface area contributed by atoms with Crippen molar-refractivity contribution in [1.29, 1.82) is 0 Å². The molecule has 2 nitrogen and oxygen atoms in total. The minimum absolute atomic E-state index is 0.219. The second-order valence-electron chi connectivity index (χ2n) is 6.59. The van der Waals surface area contributed by atoms with Gasteiger partial charge in [0.2, 0.25) is 0 Å². The molecule has 0 saturated heterocycles. The normalized spacial score (nSPS) is 13.0. The van der Waals surface area contributed by atoms with E-state index >= 15 is 0 Å². The van der Waals surface area contributed by atoms with Gasteiger partial charge in [0.25, 0.3) is 0 Å². The molecular formula is C22H23F3O2. The Labute approximate surface area is 157 Å². The van der Waals surface area contributed by atoms with Gasteiger partial charge in [-0.25, -0.2) is 4.79 Å². The molecule has 1 unspecified atom stereocenters. The molecule has 0 heterocycles. The summed E-state index contributed by atoms with van der Waals surface area (Å²) in [4.78, 5) is 11.8. The summed E-state index contributed by atoms with van der Waals surface area (Å²) in [6.07, 6.45) is -1.79. The maximum Gasteiger partial charge on any atom is 0.399 e. The lowest BCUT2D eigenvalue weighted by Gasteiger charge is -2.18. The third kappa shape index (κ3) is 5.46. The van der Waals surface area contributed by atoms with Crippen LogP contribution in [0.1, 0.15) is 51.0 Å². The van der Waals surface area contributed by atoms with Gasteiger partial charge in [0, 0.05) is 0 Å². The van der Waals surface area contributed by atoms with Gasteiger partial charge in [0.1, 0.15) is 0 Å². The Hall–Kier alpha value is -2.56. The molecule has 0 bridgehead atoms. The molecule has 0 radical (unpaired) electrons. The number of aryl methyl sites for hydroxylation is 3. The topological polar surface area (TPSA) is 26.3 Å². The predicted octanol–water partition coefficient (Wildman–Crippen LogP) is 6.15. The Morgan fingerprint density at radius 1 is 1.07 bits per heavy atom. The molecule has 0 fully saturated rings. The zero-order valence-electron chi connectivity index (χ0n) is 15.9. The molecule has 0 N–H and O–H groups in total. The molecule has 1 atom stereocenters. The van der Waals surface area contributed by atoms with Crippen molar-refractivity contribution in [1.82, 2.24) is 0 Å². The summed E-state index contributed by atoms with van der Waals surface area (Å²) in [5.41, 5.74) is 3.47.